The number of nitrogens with two attached hydrogens (primary N) is 1. The smallest absolute Gasteiger partial charge is 0.416 e. The maximum Gasteiger partial charge on any atom is 0.416 e. The number of aliphatic imine (C=N–C) groups is 1. The second-order valence-electron chi connectivity index (χ2n) is 5.57. The summed E-state index contributed by atoms with van der Waals surface area (Å²) in [6, 6.07) is 11.3. The van der Waals surface area contributed by atoms with Gasteiger partial charge in [-0.2, -0.15) is 13.2 Å². The van der Waals surface area contributed by atoms with E-state index in [0.29, 0.717) is 11.4 Å². The van der Waals surface area contributed by atoms with E-state index in [1.165, 1.54) is 12.1 Å². The molecule has 1 unspecified atom stereocenters. The van der Waals surface area contributed by atoms with Crippen molar-refractivity contribution in [2.75, 3.05) is 25.6 Å². The number of nitrogens with zero attached hydrogens (tertiary/aromatic N) is 1. The van der Waals surface area contributed by atoms with Crippen LogP contribution in [0.15, 0.2) is 53.5 Å². The minimum atomic E-state index is -4.40. The van der Waals surface area contributed by atoms with Crippen LogP contribution >= 0.6 is 0 Å². The number of benzene rings is 2. The van der Waals surface area contributed by atoms with E-state index in [2.05, 4.69) is 10.3 Å². The van der Waals surface area contributed by atoms with Gasteiger partial charge in [-0.3, -0.25) is 4.99 Å². The zero-order valence-electron chi connectivity index (χ0n) is 14.5. The molecule has 2 aromatic carbocycles. The summed E-state index contributed by atoms with van der Waals surface area (Å²) < 4.78 is 47.8. The number of guanidine groups is 1. The fourth-order valence-electron chi connectivity index (χ4n) is 2.08. The van der Waals surface area contributed by atoms with Crippen LogP contribution in [0.5, 0.6) is 11.5 Å². The summed E-state index contributed by atoms with van der Waals surface area (Å²) in [7, 11) is 1.55. The molecule has 9 heteroatoms. The number of aliphatic hydroxyl groups excluding tert-OH is 1. The van der Waals surface area contributed by atoms with Crippen LogP contribution < -0.4 is 20.5 Å². The first-order chi connectivity index (χ1) is 12.8. The van der Waals surface area contributed by atoms with E-state index in [4.69, 9.17) is 15.2 Å². The second-order valence-corrected chi connectivity index (χ2v) is 5.57. The molecule has 0 spiro atoms. The second kappa shape index (κ2) is 9.13. The Morgan fingerprint density at radius 1 is 1.19 bits per heavy atom. The van der Waals surface area contributed by atoms with E-state index in [0.717, 1.165) is 12.1 Å². The third-order valence-corrected chi connectivity index (χ3v) is 3.44. The first-order valence-electron chi connectivity index (χ1n) is 7.97. The minimum absolute atomic E-state index is 0.0383. The highest BCUT2D eigenvalue weighted by atomic mass is 19.4. The van der Waals surface area contributed by atoms with Crippen molar-refractivity contribution >= 4 is 11.6 Å². The number of nitrogens with one attached hydrogen (secondary N) is 1. The molecule has 0 aliphatic rings. The van der Waals surface area contributed by atoms with Crippen molar-refractivity contribution in [2.24, 2.45) is 10.7 Å². The third-order valence-electron chi connectivity index (χ3n) is 3.44. The van der Waals surface area contributed by atoms with Crippen molar-refractivity contribution in [2.45, 2.75) is 12.3 Å². The Morgan fingerprint density at radius 2 is 1.89 bits per heavy atom. The maximum absolute atomic E-state index is 12.5. The number of ether oxygens (including phenoxy) is 2. The summed E-state index contributed by atoms with van der Waals surface area (Å²) in [5, 5.41) is 12.7. The van der Waals surface area contributed by atoms with Gasteiger partial charge in [-0.15, -0.1) is 0 Å². The molecule has 2 rings (SSSR count). The third kappa shape index (κ3) is 6.70. The van der Waals surface area contributed by atoms with Crippen LogP contribution in [0.25, 0.3) is 0 Å². The highest BCUT2D eigenvalue weighted by Gasteiger charge is 2.30. The molecule has 4 N–H and O–H groups in total. The molecule has 1 atom stereocenters. The van der Waals surface area contributed by atoms with Gasteiger partial charge in [0.1, 0.15) is 24.2 Å². The molecular weight excluding hydrogens is 363 g/mol. The van der Waals surface area contributed by atoms with E-state index >= 15 is 0 Å². The average molecular weight is 383 g/mol. The Labute approximate surface area is 154 Å². The van der Waals surface area contributed by atoms with Crippen molar-refractivity contribution in [1.82, 2.24) is 0 Å². The summed E-state index contributed by atoms with van der Waals surface area (Å²) in [5.41, 5.74) is 5.65. The fraction of sp³-hybridized carbons (Fsp3) is 0.278. The Bertz CT molecular complexity index is 764. The predicted octanol–water partition coefficient (Wildman–Crippen LogP) is 2.88. The number of aliphatic hydroxyl groups is 1. The highest BCUT2D eigenvalue weighted by molar-refractivity contribution is 5.92. The van der Waals surface area contributed by atoms with Gasteiger partial charge in [0, 0.05) is 11.8 Å². The lowest BCUT2D eigenvalue weighted by atomic mass is 10.2. The van der Waals surface area contributed by atoms with Crippen LogP contribution in [0, 0.1) is 0 Å². The van der Waals surface area contributed by atoms with Crippen molar-refractivity contribution in [3.63, 3.8) is 0 Å². The van der Waals surface area contributed by atoms with Crippen molar-refractivity contribution in [3.05, 3.63) is 54.1 Å². The van der Waals surface area contributed by atoms with Crippen LogP contribution in [0.4, 0.5) is 18.9 Å². The van der Waals surface area contributed by atoms with E-state index in [-0.39, 0.29) is 24.9 Å². The Kier molecular flexibility index (Phi) is 6.89. The van der Waals surface area contributed by atoms with E-state index in [1.807, 2.05) is 0 Å². The molecule has 2 aromatic rings. The molecule has 0 amide bonds. The SMILES string of the molecule is COc1cccc(NC(N)=NCC(O)COc2ccc(C(F)(F)F)cc2)c1. The Hall–Kier alpha value is -2.94. The molecule has 0 aliphatic carbocycles. The number of methoxy groups -OCH3 is 1. The monoisotopic (exact) mass is 383 g/mol. The number of hydrogen-bond acceptors (Lipinski definition) is 4. The lowest BCUT2D eigenvalue weighted by Gasteiger charge is -2.12. The summed E-state index contributed by atoms with van der Waals surface area (Å²) in [6.45, 7) is -0.176. The van der Waals surface area contributed by atoms with Crippen molar-refractivity contribution in [3.8, 4) is 11.5 Å². The highest BCUT2D eigenvalue weighted by Crippen LogP contribution is 2.30. The van der Waals surface area contributed by atoms with Gasteiger partial charge in [-0.25, -0.2) is 0 Å². The molecule has 0 radical (unpaired) electrons. The topological polar surface area (TPSA) is 89.1 Å². The molecule has 0 fully saturated rings. The predicted molar refractivity (Wildman–Crippen MR) is 96.1 cm³/mol. The van der Waals surface area contributed by atoms with Crippen LogP contribution in [0.3, 0.4) is 0 Å². The number of alkyl halides is 3. The number of halogens is 3. The molecule has 6 nitrogen and oxygen atoms in total. The van der Waals surface area contributed by atoms with Crippen molar-refractivity contribution in [1.29, 1.82) is 0 Å². The van der Waals surface area contributed by atoms with E-state index in [9.17, 15) is 18.3 Å². The first kappa shape index (κ1) is 20.4. The average Bonchev–Trinajstić information content (AvgIpc) is 2.64. The summed E-state index contributed by atoms with van der Waals surface area (Å²) in [6.07, 6.45) is -5.38. The van der Waals surface area contributed by atoms with Gasteiger partial charge in [0.2, 0.25) is 0 Å². The molecule has 0 saturated heterocycles. The number of rotatable bonds is 7. The molecule has 0 aromatic heterocycles. The number of hydrogen-bond donors (Lipinski definition) is 3. The Balaban J connectivity index is 1.80. The lowest BCUT2D eigenvalue weighted by Crippen LogP contribution is -2.27. The van der Waals surface area contributed by atoms with Gasteiger partial charge in [0.25, 0.3) is 0 Å². The van der Waals surface area contributed by atoms with Gasteiger partial charge in [-0.1, -0.05) is 6.07 Å². The van der Waals surface area contributed by atoms with Gasteiger partial charge >= 0.3 is 6.18 Å². The van der Waals surface area contributed by atoms with Crippen molar-refractivity contribution < 1.29 is 27.8 Å². The fourth-order valence-corrected chi connectivity index (χ4v) is 2.08. The summed E-state index contributed by atoms with van der Waals surface area (Å²) in [4.78, 5) is 4.00. The van der Waals surface area contributed by atoms with Crippen LogP contribution in [0.2, 0.25) is 0 Å². The van der Waals surface area contributed by atoms with Gasteiger partial charge in [0.15, 0.2) is 5.96 Å². The zero-order valence-corrected chi connectivity index (χ0v) is 14.5. The molecule has 146 valence electrons. The van der Waals surface area contributed by atoms with Crippen LogP contribution in [-0.2, 0) is 6.18 Å². The molecule has 0 bridgehead atoms. The molecule has 27 heavy (non-hydrogen) atoms. The Morgan fingerprint density at radius 3 is 2.52 bits per heavy atom. The lowest BCUT2D eigenvalue weighted by molar-refractivity contribution is -0.137. The summed E-state index contributed by atoms with van der Waals surface area (Å²) in [5.74, 6) is 0.961. The van der Waals surface area contributed by atoms with E-state index in [1.54, 1.807) is 31.4 Å². The molecule has 0 saturated carbocycles. The standard InChI is InChI=1S/C18H20F3N3O3/c1-26-16-4-2-3-13(9-16)24-17(22)23-10-14(25)11-27-15-7-5-12(6-8-15)18(19,20)21/h2-9,14,25H,10-11H2,1H3,(H3,22,23,24). The molecular formula is C18H20F3N3O3. The summed E-state index contributed by atoms with van der Waals surface area (Å²) >= 11 is 0. The van der Waals surface area contributed by atoms with Gasteiger partial charge in [0.05, 0.1) is 19.2 Å². The normalized spacial score (nSPS) is 13.1. The van der Waals surface area contributed by atoms with Gasteiger partial charge < -0.3 is 25.6 Å². The van der Waals surface area contributed by atoms with Gasteiger partial charge in [-0.05, 0) is 36.4 Å². The van der Waals surface area contributed by atoms with Crippen LogP contribution in [0.1, 0.15) is 5.56 Å². The maximum atomic E-state index is 12.5. The minimum Gasteiger partial charge on any atom is -0.497 e. The molecule has 0 heterocycles. The first-order valence-corrected chi connectivity index (χ1v) is 7.97. The van der Waals surface area contributed by atoms with Crippen LogP contribution in [-0.4, -0.2) is 37.4 Å². The number of anilines is 1. The molecule has 0 aliphatic heterocycles. The zero-order chi connectivity index (χ0) is 19.9. The largest absolute Gasteiger partial charge is 0.497 e. The quantitative estimate of drug-likeness (QED) is 0.505. The van der Waals surface area contributed by atoms with E-state index < -0.39 is 17.8 Å².